The summed E-state index contributed by atoms with van der Waals surface area (Å²) >= 11 is 0. The maximum atomic E-state index is 12.8. The van der Waals surface area contributed by atoms with Gasteiger partial charge in [-0.25, -0.2) is 8.42 Å². The summed E-state index contributed by atoms with van der Waals surface area (Å²) in [6.07, 6.45) is 4.07. The van der Waals surface area contributed by atoms with Gasteiger partial charge in [0.1, 0.15) is 0 Å². The van der Waals surface area contributed by atoms with Gasteiger partial charge in [0.2, 0.25) is 10.0 Å². The molecule has 0 aromatic heterocycles. The maximum Gasteiger partial charge on any atom is 0.270 e. The van der Waals surface area contributed by atoms with E-state index in [9.17, 15) is 18.5 Å². The Morgan fingerprint density at radius 1 is 1.08 bits per heavy atom. The molecular weight excluding hydrogens is 342 g/mol. The van der Waals surface area contributed by atoms with Gasteiger partial charge in [-0.05, 0) is 50.8 Å². The smallest absolute Gasteiger partial charge is 0.270 e. The van der Waals surface area contributed by atoms with Crippen molar-refractivity contribution in [3.05, 3.63) is 34.4 Å². The molecule has 0 saturated carbocycles. The van der Waals surface area contributed by atoms with Gasteiger partial charge in [0.25, 0.3) is 5.69 Å². The second kappa shape index (κ2) is 7.39. The summed E-state index contributed by atoms with van der Waals surface area (Å²) in [6, 6.07) is 5.76. The summed E-state index contributed by atoms with van der Waals surface area (Å²) in [5, 5.41) is 10.9. The Bertz CT molecular complexity index is 721. The van der Waals surface area contributed by atoms with Crippen LogP contribution in [0.1, 0.15) is 32.6 Å². The van der Waals surface area contributed by atoms with E-state index in [4.69, 9.17) is 0 Å². The van der Waals surface area contributed by atoms with E-state index in [0.717, 1.165) is 37.9 Å². The molecule has 138 valence electrons. The zero-order valence-electron chi connectivity index (χ0n) is 14.5. The van der Waals surface area contributed by atoms with E-state index in [2.05, 4.69) is 11.8 Å². The van der Waals surface area contributed by atoms with Crippen LogP contribution in [0.25, 0.3) is 0 Å². The van der Waals surface area contributed by atoms with Gasteiger partial charge in [-0.3, -0.25) is 10.1 Å². The van der Waals surface area contributed by atoms with Crippen molar-refractivity contribution in [2.75, 3.05) is 26.2 Å². The van der Waals surface area contributed by atoms with Crippen molar-refractivity contribution in [1.82, 2.24) is 9.21 Å². The van der Waals surface area contributed by atoms with Crippen molar-refractivity contribution in [1.29, 1.82) is 0 Å². The molecule has 1 aromatic carbocycles. The van der Waals surface area contributed by atoms with E-state index in [1.54, 1.807) is 0 Å². The van der Waals surface area contributed by atoms with Crippen LogP contribution in [0, 0.1) is 16.0 Å². The molecule has 25 heavy (non-hydrogen) atoms. The molecule has 3 rings (SSSR count). The number of rotatable bonds is 4. The average molecular weight is 367 g/mol. The lowest BCUT2D eigenvalue weighted by atomic mass is 9.95. The minimum atomic E-state index is -3.67. The van der Waals surface area contributed by atoms with E-state index >= 15 is 0 Å². The fraction of sp³-hybridized carbons (Fsp3) is 0.647. The molecule has 2 aliphatic heterocycles. The molecule has 7 nitrogen and oxygen atoms in total. The number of nitro benzene ring substituents is 1. The highest BCUT2D eigenvalue weighted by molar-refractivity contribution is 7.89. The monoisotopic (exact) mass is 367 g/mol. The molecule has 0 N–H and O–H groups in total. The molecule has 0 spiro atoms. The van der Waals surface area contributed by atoms with Gasteiger partial charge in [0.05, 0.1) is 9.82 Å². The molecule has 0 atom stereocenters. The second-order valence-electron chi connectivity index (χ2n) is 7.11. The average Bonchev–Trinajstić information content (AvgIpc) is 2.62. The van der Waals surface area contributed by atoms with Crippen LogP contribution in [0.2, 0.25) is 0 Å². The molecule has 0 amide bonds. The van der Waals surface area contributed by atoms with E-state index in [1.807, 2.05) is 0 Å². The Kier molecular flexibility index (Phi) is 5.41. The highest BCUT2D eigenvalue weighted by atomic mass is 32.2. The lowest BCUT2D eigenvalue weighted by molar-refractivity contribution is -0.385. The SMILES string of the molecule is CC1CCN(C2CCN(S(=O)(=O)c3cccc([N+](=O)[O-])c3)CC2)CC1. The minimum Gasteiger partial charge on any atom is -0.300 e. The van der Waals surface area contributed by atoms with Crippen LogP contribution in [-0.4, -0.2) is 54.8 Å². The second-order valence-corrected chi connectivity index (χ2v) is 9.05. The number of nitrogens with zero attached hydrogens (tertiary/aromatic N) is 3. The van der Waals surface area contributed by atoms with Crippen LogP contribution in [-0.2, 0) is 10.0 Å². The molecule has 1 aromatic rings. The Labute approximate surface area is 148 Å². The maximum absolute atomic E-state index is 12.8. The normalized spacial score (nSPS) is 22.1. The van der Waals surface area contributed by atoms with Crippen LogP contribution in [0.4, 0.5) is 5.69 Å². The first-order valence-electron chi connectivity index (χ1n) is 8.86. The van der Waals surface area contributed by atoms with Crippen LogP contribution >= 0.6 is 0 Å². The molecule has 2 heterocycles. The number of nitro groups is 1. The van der Waals surface area contributed by atoms with Crippen LogP contribution < -0.4 is 0 Å². The molecule has 2 fully saturated rings. The van der Waals surface area contributed by atoms with E-state index < -0.39 is 14.9 Å². The van der Waals surface area contributed by atoms with Crippen LogP contribution in [0.15, 0.2) is 29.2 Å². The van der Waals surface area contributed by atoms with Gasteiger partial charge in [0.15, 0.2) is 0 Å². The van der Waals surface area contributed by atoms with E-state index in [-0.39, 0.29) is 10.6 Å². The third-order valence-corrected chi connectivity index (χ3v) is 7.32. The predicted octanol–water partition coefficient (Wildman–Crippen LogP) is 2.48. The van der Waals surface area contributed by atoms with E-state index in [1.165, 1.54) is 35.3 Å². The summed E-state index contributed by atoms with van der Waals surface area (Å²) in [4.78, 5) is 12.8. The Morgan fingerprint density at radius 3 is 2.32 bits per heavy atom. The van der Waals surface area contributed by atoms with Crippen LogP contribution in [0.5, 0.6) is 0 Å². The van der Waals surface area contributed by atoms with Crippen molar-refractivity contribution in [2.45, 2.75) is 43.5 Å². The molecule has 0 unspecified atom stereocenters. The minimum absolute atomic E-state index is 0.00643. The summed E-state index contributed by atoms with van der Waals surface area (Å²) in [7, 11) is -3.67. The zero-order chi connectivity index (χ0) is 18.0. The van der Waals surface area contributed by atoms with Gasteiger partial charge in [-0.2, -0.15) is 4.31 Å². The standard InChI is InChI=1S/C17H25N3O4S/c1-14-5-9-18(10-6-14)15-7-11-19(12-8-15)25(23,24)17-4-2-3-16(13-17)20(21)22/h2-4,13-15H,5-12H2,1H3. The third-order valence-electron chi connectivity index (χ3n) is 5.42. The van der Waals surface area contributed by atoms with Crippen molar-refractivity contribution in [3.63, 3.8) is 0 Å². The highest BCUT2D eigenvalue weighted by Crippen LogP contribution is 2.27. The largest absolute Gasteiger partial charge is 0.300 e. The predicted molar refractivity (Wildman–Crippen MR) is 94.8 cm³/mol. The molecule has 2 aliphatic rings. The number of piperidine rings is 2. The van der Waals surface area contributed by atoms with Gasteiger partial charge < -0.3 is 4.90 Å². The van der Waals surface area contributed by atoms with Crippen molar-refractivity contribution in [2.24, 2.45) is 5.92 Å². The molecular formula is C17H25N3O4S. The Balaban J connectivity index is 1.65. The number of likely N-dealkylation sites (tertiary alicyclic amines) is 1. The third kappa shape index (κ3) is 4.02. The van der Waals surface area contributed by atoms with Gasteiger partial charge in [-0.15, -0.1) is 0 Å². The fourth-order valence-corrected chi connectivity index (χ4v) is 5.26. The number of hydrogen-bond acceptors (Lipinski definition) is 5. The number of hydrogen-bond donors (Lipinski definition) is 0. The van der Waals surface area contributed by atoms with Gasteiger partial charge >= 0.3 is 0 Å². The van der Waals surface area contributed by atoms with Crippen molar-refractivity contribution >= 4 is 15.7 Å². The van der Waals surface area contributed by atoms with Gasteiger partial charge in [0, 0.05) is 31.3 Å². The van der Waals surface area contributed by atoms with Crippen molar-refractivity contribution in [3.8, 4) is 0 Å². The number of non-ortho nitro benzene ring substituents is 1. The van der Waals surface area contributed by atoms with Gasteiger partial charge in [-0.1, -0.05) is 13.0 Å². The summed E-state index contributed by atoms with van der Waals surface area (Å²) in [6.45, 7) is 5.43. The molecule has 0 bridgehead atoms. The lowest BCUT2D eigenvalue weighted by Gasteiger charge is -2.41. The molecule has 2 saturated heterocycles. The first-order valence-corrected chi connectivity index (χ1v) is 10.3. The number of benzene rings is 1. The summed E-state index contributed by atoms with van der Waals surface area (Å²) < 4.78 is 27.0. The first kappa shape index (κ1) is 18.3. The summed E-state index contributed by atoms with van der Waals surface area (Å²) in [5.41, 5.74) is -0.196. The number of sulfonamides is 1. The topological polar surface area (TPSA) is 83.8 Å². The van der Waals surface area contributed by atoms with Crippen LogP contribution in [0.3, 0.4) is 0 Å². The first-order chi connectivity index (χ1) is 11.9. The Hall–Kier alpha value is -1.51. The molecule has 8 heteroatoms. The van der Waals surface area contributed by atoms with Crippen molar-refractivity contribution < 1.29 is 13.3 Å². The quantitative estimate of drug-likeness (QED) is 0.603. The lowest BCUT2D eigenvalue weighted by Crippen LogP contribution is -2.48. The molecule has 0 radical (unpaired) electrons. The van der Waals surface area contributed by atoms with E-state index in [0.29, 0.717) is 19.1 Å². The fourth-order valence-electron chi connectivity index (χ4n) is 3.75. The highest BCUT2D eigenvalue weighted by Gasteiger charge is 2.33. The zero-order valence-corrected chi connectivity index (χ0v) is 15.3. The Morgan fingerprint density at radius 2 is 1.72 bits per heavy atom. The summed E-state index contributed by atoms with van der Waals surface area (Å²) in [5.74, 6) is 0.783. The molecule has 0 aliphatic carbocycles.